The number of carbonyl (C=O) groups is 1. The highest BCUT2D eigenvalue weighted by Crippen LogP contribution is 2.27. The molecule has 0 aliphatic carbocycles. The molecule has 24 heavy (non-hydrogen) atoms. The fourth-order valence-corrected chi connectivity index (χ4v) is 2.54. The van der Waals surface area contributed by atoms with Crippen molar-refractivity contribution in [1.29, 1.82) is 0 Å². The maximum Gasteiger partial charge on any atom is 0.228 e. The average Bonchev–Trinajstić information content (AvgIpc) is 3.12. The van der Waals surface area contributed by atoms with E-state index in [4.69, 9.17) is 0 Å². The average molecular weight is 321 g/mol. The van der Waals surface area contributed by atoms with Gasteiger partial charge in [-0.3, -0.25) is 14.9 Å². The third kappa shape index (κ3) is 2.89. The number of H-pyrrole nitrogens is 1. The van der Waals surface area contributed by atoms with Crippen molar-refractivity contribution in [3.63, 3.8) is 0 Å². The Morgan fingerprint density at radius 1 is 1.08 bits per heavy atom. The number of fused-ring (bicyclic) bond motifs is 1. The lowest BCUT2D eigenvalue weighted by Crippen LogP contribution is -2.03. The predicted octanol–water partition coefficient (Wildman–Crippen LogP) is 2.49. The Balaban J connectivity index is 1.52. The van der Waals surface area contributed by atoms with Gasteiger partial charge in [-0.05, 0) is 24.6 Å². The van der Waals surface area contributed by atoms with Crippen molar-refractivity contribution in [2.24, 2.45) is 0 Å². The Hall–Kier alpha value is -3.42. The zero-order valence-corrected chi connectivity index (χ0v) is 12.9. The number of nitrogens with zero attached hydrogens (tertiary/aromatic N) is 3. The van der Waals surface area contributed by atoms with Crippen LogP contribution in [0.1, 0.15) is 11.3 Å². The van der Waals surface area contributed by atoms with Gasteiger partial charge >= 0.3 is 0 Å². The summed E-state index contributed by atoms with van der Waals surface area (Å²) in [7, 11) is 0. The van der Waals surface area contributed by atoms with Crippen LogP contribution in [0, 0.1) is 6.92 Å². The molecule has 1 aliphatic heterocycles. The molecule has 0 radical (unpaired) electrons. The van der Waals surface area contributed by atoms with Gasteiger partial charge < -0.3 is 16.0 Å². The summed E-state index contributed by atoms with van der Waals surface area (Å²) in [6.07, 6.45) is 3.68. The first-order chi connectivity index (χ1) is 11.7. The smallest absolute Gasteiger partial charge is 0.228 e. The van der Waals surface area contributed by atoms with Gasteiger partial charge in [0.15, 0.2) is 17.5 Å². The summed E-state index contributed by atoms with van der Waals surface area (Å²) >= 11 is 0. The molecule has 0 saturated carbocycles. The molecule has 1 aliphatic rings. The van der Waals surface area contributed by atoms with Gasteiger partial charge in [0.2, 0.25) is 5.91 Å². The first-order valence-corrected chi connectivity index (χ1v) is 7.46. The largest absolute Gasteiger partial charge is 0.339 e. The molecular formula is C16H15N7O. The van der Waals surface area contributed by atoms with Gasteiger partial charge in [-0.25, -0.2) is 4.98 Å². The van der Waals surface area contributed by atoms with Crippen LogP contribution in [0.5, 0.6) is 0 Å². The van der Waals surface area contributed by atoms with E-state index in [1.54, 1.807) is 12.4 Å². The van der Waals surface area contributed by atoms with Gasteiger partial charge in [0.05, 0.1) is 18.8 Å². The lowest BCUT2D eigenvalue weighted by atomic mass is 10.1. The lowest BCUT2D eigenvalue weighted by Gasteiger charge is -2.09. The van der Waals surface area contributed by atoms with Crippen LogP contribution in [0.15, 0.2) is 36.7 Å². The van der Waals surface area contributed by atoms with Gasteiger partial charge in [-0.1, -0.05) is 6.07 Å². The molecule has 0 spiro atoms. The number of carbonyl (C=O) groups excluding carboxylic acids is 1. The molecular weight excluding hydrogens is 306 g/mol. The van der Waals surface area contributed by atoms with Crippen molar-refractivity contribution >= 4 is 34.7 Å². The monoisotopic (exact) mass is 321 g/mol. The van der Waals surface area contributed by atoms with E-state index in [1.165, 1.54) is 0 Å². The second-order valence-corrected chi connectivity index (χ2v) is 5.57. The van der Waals surface area contributed by atoms with E-state index < -0.39 is 0 Å². The lowest BCUT2D eigenvalue weighted by molar-refractivity contribution is -0.115. The third-order valence-corrected chi connectivity index (χ3v) is 3.60. The second kappa shape index (κ2) is 5.65. The topological polar surface area (TPSA) is 108 Å². The quantitative estimate of drug-likeness (QED) is 0.588. The van der Waals surface area contributed by atoms with Crippen LogP contribution in [0.4, 0.5) is 28.8 Å². The normalized spacial score (nSPS) is 12.6. The number of rotatable bonds is 4. The maximum atomic E-state index is 11.4. The van der Waals surface area contributed by atoms with Crippen molar-refractivity contribution in [2.75, 3.05) is 16.0 Å². The summed E-state index contributed by atoms with van der Waals surface area (Å²) in [5.41, 5.74) is 3.62. The number of benzene rings is 1. The standard InChI is InChI=1S/C16H15N7O/c1-9-4-13(23-22-9)20-15-8-17-7-14(21-15)18-11-3-2-10-5-16(24)19-12(10)6-11/h2-4,6-8H,5H2,1H3,(H,19,24)(H3,18,20,21,22,23). The fraction of sp³-hybridized carbons (Fsp3) is 0.125. The van der Waals surface area contributed by atoms with Gasteiger partial charge in [-0.15, -0.1) is 0 Å². The van der Waals surface area contributed by atoms with E-state index in [1.807, 2.05) is 31.2 Å². The molecule has 2 aromatic heterocycles. The van der Waals surface area contributed by atoms with E-state index in [2.05, 4.69) is 36.1 Å². The number of anilines is 5. The first-order valence-electron chi connectivity index (χ1n) is 7.46. The minimum absolute atomic E-state index is 0.0161. The molecule has 1 amide bonds. The Labute approximate surface area is 137 Å². The van der Waals surface area contributed by atoms with Crippen LogP contribution in [0.3, 0.4) is 0 Å². The summed E-state index contributed by atoms with van der Waals surface area (Å²) in [5.74, 6) is 1.87. The summed E-state index contributed by atoms with van der Waals surface area (Å²) in [5, 5.41) is 16.1. The molecule has 4 N–H and O–H groups in total. The van der Waals surface area contributed by atoms with Crippen LogP contribution in [0.25, 0.3) is 0 Å². The highest BCUT2D eigenvalue weighted by atomic mass is 16.1. The van der Waals surface area contributed by atoms with Crippen LogP contribution in [0.2, 0.25) is 0 Å². The predicted molar refractivity (Wildman–Crippen MR) is 90.7 cm³/mol. The minimum Gasteiger partial charge on any atom is -0.339 e. The molecule has 1 aromatic carbocycles. The zero-order chi connectivity index (χ0) is 16.5. The first kappa shape index (κ1) is 14.2. The molecule has 0 atom stereocenters. The van der Waals surface area contributed by atoms with E-state index in [-0.39, 0.29) is 5.91 Å². The second-order valence-electron chi connectivity index (χ2n) is 5.57. The summed E-state index contributed by atoms with van der Waals surface area (Å²) in [6, 6.07) is 7.61. The highest BCUT2D eigenvalue weighted by molar-refractivity contribution is 5.99. The molecule has 120 valence electrons. The third-order valence-electron chi connectivity index (χ3n) is 3.60. The minimum atomic E-state index is 0.0161. The van der Waals surface area contributed by atoms with Gasteiger partial charge in [-0.2, -0.15) is 5.10 Å². The molecule has 0 saturated heterocycles. The Morgan fingerprint density at radius 2 is 1.92 bits per heavy atom. The number of aromatic amines is 1. The number of aromatic nitrogens is 4. The Kier molecular flexibility index (Phi) is 3.34. The summed E-state index contributed by atoms with van der Waals surface area (Å²) in [4.78, 5) is 20.0. The molecule has 8 nitrogen and oxygen atoms in total. The van der Waals surface area contributed by atoms with E-state index in [0.29, 0.717) is 23.9 Å². The van der Waals surface area contributed by atoms with Crippen LogP contribution < -0.4 is 16.0 Å². The molecule has 0 fully saturated rings. The summed E-state index contributed by atoms with van der Waals surface area (Å²) in [6.45, 7) is 1.93. The SMILES string of the molecule is Cc1cc(Nc2cncc(Nc3ccc4c(c3)NC(=O)C4)n2)n[nH]1. The number of hydrogen-bond donors (Lipinski definition) is 4. The van der Waals surface area contributed by atoms with E-state index >= 15 is 0 Å². The Bertz CT molecular complexity index is 918. The highest BCUT2D eigenvalue weighted by Gasteiger charge is 2.17. The molecule has 0 bridgehead atoms. The molecule has 3 heterocycles. The van der Waals surface area contributed by atoms with Gasteiger partial charge in [0, 0.05) is 23.1 Å². The zero-order valence-electron chi connectivity index (χ0n) is 12.9. The number of nitrogens with one attached hydrogen (secondary N) is 4. The van der Waals surface area contributed by atoms with Crippen LogP contribution >= 0.6 is 0 Å². The number of amides is 1. The molecule has 3 aromatic rings. The number of hydrogen-bond acceptors (Lipinski definition) is 6. The maximum absolute atomic E-state index is 11.4. The molecule has 4 rings (SSSR count). The number of aryl methyl sites for hydroxylation is 1. The fourth-order valence-electron chi connectivity index (χ4n) is 2.54. The van der Waals surface area contributed by atoms with Crippen molar-refractivity contribution in [2.45, 2.75) is 13.3 Å². The molecule has 8 heteroatoms. The van der Waals surface area contributed by atoms with Crippen LogP contribution in [-0.2, 0) is 11.2 Å². The van der Waals surface area contributed by atoms with Crippen LogP contribution in [-0.4, -0.2) is 26.1 Å². The molecule has 0 unspecified atom stereocenters. The van der Waals surface area contributed by atoms with Crippen molar-refractivity contribution in [1.82, 2.24) is 20.2 Å². The van der Waals surface area contributed by atoms with Crippen molar-refractivity contribution < 1.29 is 4.79 Å². The van der Waals surface area contributed by atoms with Gasteiger partial charge in [0.25, 0.3) is 0 Å². The van der Waals surface area contributed by atoms with E-state index in [0.717, 1.165) is 22.6 Å². The van der Waals surface area contributed by atoms with Crippen molar-refractivity contribution in [3.8, 4) is 0 Å². The Morgan fingerprint density at radius 3 is 2.71 bits per heavy atom. The summed E-state index contributed by atoms with van der Waals surface area (Å²) < 4.78 is 0. The van der Waals surface area contributed by atoms with Gasteiger partial charge in [0.1, 0.15) is 0 Å². The van der Waals surface area contributed by atoms with Crippen molar-refractivity contribution in [3.05, 3.63) is 47.9 Å². The van der Waals surface area contributed by atoms with E-state index in [9.17, 15) is 4.79 Å².